The van der Waals surface area contributed by atoms with E-state index in [1.54, 1.807) is 7.11 Å². The van der Waals surface area contributed by atoms with Crippen LogP contribution in [0.3, 0.4) is 0 Å². The first-order valence-electron chi connectivity index (χ1n) is 5.94. The van der Waals surface area contributed by atoms with E-state index in [9.17, 15) is 12.8 Å². The maximum atomic E-state index is 13.5. The van der Waals surface area contributed by atoms with E-state index in [1.807, 2.05) is 0 Å². The molecule has 0 aromatic heterocycles. The van der Waals surface area contributed by atoms with Crippen molar-refractivity contribution in [3.63, 3.8) is 0 Å². The molecule has 3 N–H and O–H groups in total. The second-order valence-electron chi connectivity index (χ2n) is 4.77. The van der Waals surface area contributed by atoms with Crippen LogP contribution >= 0.6 is 0 Å². The maximum Gasteiger partial charge on any atom is 0.241 e. The van der Waals surface area contributed by atoms with Gasteiger partial charge in [-0.15, -0.1) is 0 Å². The summed E-state index contributed by atoms with van der Waals surface area (Å²) < 4.78 is 45.3. The van der Waals surface area contributed by atoms with E-state index in [0.29, 0.717) is 12.8 Å². The lowest BCUT2D eigenvalue weighted by atomic mass is 9.90. The minimum atomic E-state index is -3.74. The van der Waals surface area contributed by atoms with E-state index >= 15 is 0 Å². The zero-order chi connectivity index (χ0) is 14.2. The monoisotopic (exact) mass is 288 g/mol. The summed E-state index contributed by atoms with van der Waals surface area (Å²) in [6.45, 7) is 1.50. The minimum absolute atomic E-state index is 0.0903. The first kappa shape index (κ1) is 14.2. The number of nitrogens with two attached hydrogens (primary N) is 1. The van der Waals surface area contributed by atoms with Crippen molar-refractivity contribution < 1.29 is 17.5 Å². The van der Waals surface area contributed by atoms with E-state index in [0.717, 1.165) is 6.07 Å². The Morgan fingerprint density at radius 3 is 2.58 bits per heavy atom. The Labute approximate surface area is 112 Å². The predicted octanol–water partition coefficient (Wildman–Crippen LogP) is 1.17. The standard InChI is InChI=1S/C12H17FN2O3S/c1-7-11(13)5-10(6-12(7)14)19(16,17)15-8-3-9(4-8)18-2/h5-6,8-9,15H,3-4,14H2,1-2H3. The quantitative estimate of drug-likeness (QED) is 0.815. The molecule has 0 atom stereocenters. The van der Waals surface area contributed by atoms with E-state index in [-0.39, 0.29) is 28.3 Å². The molecule has 1 aliphatic rings. The van der Waals surface area contributed by atoms with Crippen LogP contribution < -0.4 is 10.5 Å². The first-order valence-corrected chi connectivity index (χ1v) is 7.42. The minimum Gasteiger partial charge on any atom is -0.398 e. The Balaban J connectivity index is 2.16. The fraction of sp³-hybridized carbons (Fsp3) is 0.500. The molecular weight excluding hydrogens is 271 g/mol. The highest BCUT2D eigenvalue weighted by Gasteiger charge is 2.33. The molecule has 0 bridgehead atoms. The Kier molecular flexibility index (Phi) is 3.80. The third kappa shape index (κ3) is 2.88. The lowest BCUT2D eigenvalue weighted by Gasteiger charge is -2.34. The molecule has 1 saturated carbocycles. The van der Waals surface area contributed by atoms with Gasteiger partial charge in [0.15, 0.2) is 0 Å². The molecule has 19 heavy (non-hydrogen) atoms. The number of ether oxygens (including phenoxy) is 1. The van der Waals surface area contributed by atoms with Gasteiger partial charge in [-0.05, 0) is 31.9 Å². The van der Waals surface area contributed by atoms with Crippen LogP contribution in [0.2, 0.25) is 0 Å². The number of sulfonamides is 1. The SMILES string of the molecule is COC1CC(NS(=O)(=O)c2cc(N)c(C)c(F)c2)C1. The summed E-state index contributed by atoms with van der Waals surface area (Å²) in [4.78, 5) is -0.144. The number of methoxy groups -OCH3 is 1. The average molecular weight is 288 g/mol. The number of halogens is 1. The van der Waals surface area contributed by atoms with Crippen molar-refractivity contribution in [2.45, 2.75) is 36.8 Å². The summed E-state index contributed by atoms with van der Waals surface area (Å²) in [7, 11) is -2.15. The number of hydrogen-bond donors (Lipinski definition) is 2. The Morgan fingerprint density at radius 1 is 1.42 bits per heavy atom. The van der Waals surface area contributed by atoms with E-state index < -0.39 is 15.8 Å². The van der Waals surface area contributed by atoms with Crippen molar-refractivity contribution in [3.05, 3.63) is 23.5 Å². The fourth-order valence-corrected chi connectivity index (χ4v) is 3.28. The van der Waals surface area contributed by atoms with Crippen molar-refractivity contribution in [2.75, 3.05) is 12.8 Å². The summed E-state index contributed by atoms with van der Waals surface area (Å²) in [5, 5.41) is 0. The smallest absolute Gasteiger partial charge is 0.241 e. The molecule has 1 fully saturated rings. The Morgan fingerprint density at radius 2 is 2.05 bits per heavy atom. The van der Waals surface area contributed by atoms with Crippen LogP contribution in [-0.4, -0.2) is 27.7 Å². The van der Waals surface area contributed by atoms with Gasteiger partial charge in [0.2, 0.25) is 10.0 Å². The second-order valence-corrected chi connectivity index (χ2v) is 6.48. The molecule has 0 saturated heterocycles. The van der Waals surface area contributed by atoms with Crippen molar-refractivity contribution in [3.8, 4) is 0 Å². The molecule has 0 heterocycles. The van der Waals surface area contributed by atoms with Crippen LogP contribution in [0.15, 0.2) is 17.0 Å². The van der Waals surface area contributed by atoms with Crippen LogP contribution in [0, 0.1) is 12.7 Å². The summed E-state index contributed by atoms with van der Waals surface area (Å²) in [5.74, 6) is -0.622. The van der Waals surface area contributed by atoms with Gasteiger partial charge in [-0.1, -0.05) is 0 Å². The van der Waals surface area contributed by atoms with Gasteiger partial charge in [0.25, 0.3) is 0 Å². The zero-order valence-electron chi connectivity index (χ0n) is 10.8. The predicted molar refractivity (Wildman–Crippen MR) is 69.7 cm³/mol. The molecule has 1 aromatic rings. The average Bonchev–Trinajstić information content (AvgIpc) is 2.29. The van der Waals surface area contributed by atoms with Crippen LogP contribution in [0.4, 0.5) is 10.1 Å². The second kappa shape index (κ2) is 5.07. The molecular formula is C12H17FN2O3S. The summed E-state index contributed by atoms with van der Waals surface area (Å²) in [5.41, 5.74) is 5.97. The molecule has 0 spiro atoms. The number of nitrogens with one attached hydrogen (secondary N) is 1. The van der Waals surface area contributed by atoms with E-state index in [4.69, 9.17) is 10.5 Å². The largest absolute Gasteiger partial charge is 0.398 e. The van der Waals surface area contributed by atoms with Crippen LogP contribution in [-0.2, 0) is 14.8 Å². The molecule has 1 aliphatic carbocycles. The summed E-state index contributed by atoms with van der Waals surface area (Å²) >= 11 is 0. The Hall–Kier alpha value is -1.18. The molecule has 7 heteroatoms. The number of hydrogen-bond acceptors (Lipinski definition) is 4. The highest BCUT2D eigenvalue weighted by molar-refractivity contribution is 7.89. The third-order valence-electron chi connectivity index (χ3n) is 3.42. The number of nitrogen functional groups attached to an aromatic ring is 1. The topological polar surface area (TPSA) is 81.4 Å². The normalized spacial score (nSPS) is 23.1. The fourth-order valence-electron chi connectivity index (χ4n) is 1.97. The van der Waals surface area contributed by atoms with Gasteiger partial charge in [0.05, 0.1) is 11.0 Å². The van der Waals surface area contributed by atoms with Crippen molar-refractivity contribution in [1.29, 1.82) is 0 Å². The van der Waals surface area contributed by atoms with E-state index in [2.05, 4.69) is 4.72 Å². The molecule has 0 aliphatic heterocycles. The van der Waals surface area contributed by atoms with Gasteiger partial charge >= 0.3 is 0 Å². The molecule has 0 radical (unpaired) electrons. The molecule has 106 valence electrons. The molecule has 0 amide bonds. The van der Waals surface area contributed by atoms with Crippen LogP contribution in [0.1, 0.15) is 18.4 Å². The van der Waals surface area contributed by atoms with Gasteiger partial charge in [-0.25, -0.2) is 17.5 Å². The van der Waals surface area contributed by atoms with Gasteiger partial charge in [-0.2, -0.15) is 0 Å². The van der Waals surface area contributed by atoms with Crippen LogP contribution in [0.5, 0.6) is 0 Å². The molecule has 0 unspecified atom stereocenters. The molecule has 1 aromatic carbocycles. The summed E-state index contributed by atoms with van der Waals surface area (Å²) in [6, 6.07) is 2.09. The molecule has 5 nitrogen and oxygen atoms in total. The maximum absolute atomic E-state index is 13.5. The van der Waals surface area contributed by atoms with Crippen molar-refractivity contribution in [2.24, 2.45) is 0 Å². The number of anilines is 1. The number of rotatable bonds is 4. The molecule has 2 rings (SSSR count). The van der Waals surface area contributed by atoms with Crippen LogP contribution in [0.25, 0.3) is 0 Å². The lowest BCUT2D eigenvalue weighted by molar-refractivity contribution is 0.0236. The lowest BCUT2D eigenvalue weighted by Crippen LogP contribution is -2.47. The highest BCUT2D eigenvalue weighted by Crippen LogP contribution is 2.26. The van der Waals surface area contributed by atoms with Gasteiger partial charge in [-0.3, -0.25) is 0 Å². The van der Waals surface area contributed by atoms with Crippen molar-refractivity contribution in [1.82, 2.24) is 4.72 Å². The van der Waals surface area contributed by atoms with E-state index in [1.165, 1.54) is 13.0 Å². The van der Waals surface area contributed by atoms with Crippen molar-refractivity contribution >= 4 is 15.7 Å². The Bertz CT molecular complexity index is 560. The third-order valence-corrected chi connectivity index (χ3v) is 4.92. The first-order chi connectivity index (χ1) is 8.83. The highest BCUT2D eigenvalue weighted by atomic mass is 32.2. The van der Waals surface area contributed by atoms with Gasteiger partial charge in [0, 0.05) is 24.4 Å². The summed E-state index contributed by atoms with van der Waals surface area (Å²) in [6.07, 6.45) is 1.34. The zero-order valence-corrected chi connectivity index (χ0v) is 11.6. The van der Waals surface area contributed by atoms with Gasteiger partial charge < -0.3 is 10.5 Å². The van der Waals surface area contributed by atoms with Gasteiger partial charge in [0.1, 0.15) is 5.82 Å². The number of benzene rings is 1.